The fourth-order valence-corrected chi connectivity index (χ4v) is 3.45. The number of fused-ring (bicyclic) bond motifs is 1. The van der Waals surface area contributed by atoms with Gasteiger partial charge in [-0.2, -0.15) is 0 Å². The first-order valence-corrected chi connectivity index (χ1v) is 7.74. The summed E-state index contributed by atoms with van der Waals surface area (Å²) in [4.78, 5) is 0. The van der Waals surface area contributed by atoms with Crippen LogP contribution in [0.25, 0.3) is 0 Å². The quantitative estimate of drug-likeness (QED) is 0.900. The summed E-state index contributed by atoms with van der Waals surface area (Å²) in [6.07, 6.45) is 5.48. The van der Waals surface area contributed by atoms with Gasteiger partial charge in [-0.05, 0) is 49.3 Å². The largest absolute Gasteiger partial charge is 0.376 e. The second kappa shape index (κ2) is 6.06. The zero-order valence-corrected chi connectivity index (χ0v) is 11.9. The van der Waals surface area contributed by atoms with Crippen LogP contribution in [0.5, 0.6) is 0 Å². The van der Waals surface area contributed by atoms with Crippen molar-refractivity contribution in [3.63, 3.8) is 0 Å². The normalized spacial score (nSPS) is 30.9. The Hall–Kier alpha value is -0.860. The molecular formula is C17H25NO. The summed E-state index contributed by atoms with van der Waals surface area (Å²) in [5, 5.41) is 3.45. The average Bonchev–Trinajstić information content (AvgIpc) is 2.46. The zero-order valence-electron chi connectivity index (χ0n) is 11.9. The third kappa shape index (κ3) is 3.01. The maximum Gasteiger partial charge on any atom is 0.0725 e. The van der Waals surface area contributed by atoms with Crippen molar-refractivity contribution in [2.45, 2.75) is 44.6 Å². The lowest BCUT2D eigenvalue weighted by Gasteiger charge is -2.32. The summed E-state index contributed by atoms with van der Waals surface area (Å²) >= 11 is 0. The van der Waals surface area contributed by atoms with Crippen LogP contribution in [0, 0.1) is 5.92 Å². The van der Waals surface area contributed by atoms with E-state index in [9.17, 15) is 0 Å². The number of benzene rings is 1. The molecule has 1 saturated heterocycles. The topological polar surface area (TPSA) is 21.3 Å². The molecule has 2 nitrogen and oxygen atoms in total. The highest BCUT2D eigenvalue weighted by Gasteiger charge is 2.25. The van der Waals surface area contributed by atoms with Crippen molar-refractivity contribution < 1.29 is 4.74 Å². The summed E-state index contributed by atoms with van der Waals surface area (Å²) in [6, 6.07) is 8.91. The maximum atomic E-state index is 6.23. The van der Waals surface area contributed by atoms with Crippen LogP contribution in [0.1, 0.15) is 43.2 Å². The van der Waals surface area contributed by atoms with E-state index in [-0.39, 0.29) is 0 Å². The van der Waals surface area contributed by atoms with E-state index in [0.29, 0.717) is 17.9 Å². The molecule has 2 heteroatoms. The Morgan fingerprint density at radius 2 is 2.16 bits per heavy atom. The van der Waals surface area contributed by atoms with Crippen molar-refractivity contribution in [3.05, 3.63) is 35.4 Å². The van der Waals surface area contributed by atoms with E-state index in [0.717, 1.165) is 19.7 Å². The monoisotopic (exact) mass is 259 g/mol. The van der Waals surface area contributed by atoms with Crippen LogP contribution in [-0.4, -0.2) is 25.8 Å². The van der Waals surface area contributed by atoms with Gasteiger partial charge in [0, 0.05) is 12.5 Å². The van der Waals surface area contributed by atoms with Gasteiger partial charge in [-0.15, -0.1) is 0 Å². The van der Waals surface area contributed by atoms with Gasteiger partial charge in [0.15, 0.2) is 0 Å². The number of ether oxygens (including phenoxy) is 1. The lowest BCUT2D eigenvalue weighted by atomic mass is 9.83. The van der Waals surface area contributed by atoms with Crippen LogP contribution in [-0.2, 0) is 11.2 Å². The Morgan fingerprint density at radius 3 is 3.05 bits per heavy atom. The molecule has 1 aliphatic carbocycles. The van der Waals surface area contributed by atoms with Gasteiger partial charge in [-0.1, -0.05) is 31.2 Å². The molecule has 0 bridgehead atoms. The molecule has 3 unspecified atom stereocenters. The van der Waals surface area contributed by atoms with E-state index in [1.165, 1.54) is 36.8 Å². The Kier molecular flexibility index (Phi) is 4.19. The van der Waals surface area contributed by atoms with Gasteiger partial charge in [0.2, 0.25) is 0 Å². The van der Waals surface area contributed by atoms with Gasteiger partial charge in [0.05, 0.1) is 12.7 Å². The minimum absolute atomic E-state index is 0.405. The molecule has 19 heavy (non-hydrogen) atoms. The number of nitrogens with one attached hydrogen (secondary N) is 1. The number of piperidine rings is 1. The van der Waals surface area contributed by atoms with Gasteiger partial charge >= 0.3 is 0 Å². The standard InChI is InChI=1S/C17H25NO/c1-13-9-10-18-11-17(13)19-12-15-7-4-6-14-5-2-3-8-16(14)15/h2-3,5,8,13,15,17-18H,4,6-7,9-12H2,1H3. The summed E-state index contributed by atoms with van der Waals surface area (Å²) in [6.45, 7) is 5.39. The molecule has 2 aliphatic rings. The molecule has 3 rings (SSSR count). The Labute approximate surface area is 116 Å². The zero-order chi connectivity index (χ0) is 13.1. The Morgan fingerprint density at radius 1 is 1.26 bits per heavy atom. The highest BCUT2D eigenvalue weighted by atomic mass is 16.5. The molecule has 104 valence electrons. The summed E-state index contributed by atoms with van der Waals surface area (Å²) in [7, 11) is 0. The Balaban J connectivity index is 1.61. The predicted octanol–water partition coefficient (Wildman–Crippen LogP) is 3.12. The number of hydrogen-bond acceptors (Lipinski definition) is 2. The van der Waals surface area contributed by atoms with E-state index < -0.39 is 0 Å². The van der Waals surface area contributed by atoms with Gasteiger partial charge in [-0.3, -0.25) is 0 Å². The van der Waals surface area contributed by atoms with Gasteiger partial charge in [-0.25, -0.2) is 0 Å². The molecule has 1 aliphatic heterocycles. The van der Waals surface area contributed by atoms with Gasteiger partial charge in [0.25, 0.3) is 0 Å². The number of hydrogen-bond donors (Lipinski definition) is 1. The number of aryl methyl sites for hydroxylation is 1. The predicted molar refractivity (Wildman–Crippen MR) is 78.5 cm³/mol. The molecule has 1 N–H and O–H groups in total. The Bertz CT molecular complexity index is 417. The molecule has 0 aromatic heterocycles. The molecule has 1 fully saturated rings. The highest BCUT2D eigenvalue weighted by Crippen LogP contribution is 2.32. The maximum absolute atomic E-state index is 6.23. The SMILES string of the molecule is CC1CCNCC1OCC1CCCc2ccccc21. The minimum Gasteiger partial charge on any atom is -0.376 e. The smallest absolute Gasteiger partial charge is 0.0725 e. The van der Waals surface area contributed by atoms with E-state index in [2.05, 4.69) is 36.5 Å². The second-order valence-electron chi connectivity index (χ2n) is 6.13. The molecular weight excluding hydrogens is 234 g/mol. The summed E-state index contributed by atoms with van der Waals surface area (Å²) < 4.78 is 6.23. The number of rotatable bonds is 3. The first-order chi connectivity index (χ1) is 9.34. The van der Waals surface area contributed by atoms with E-state index >= 15 is 0 Å². The summed E-state index contributed by atoms with van der Waals surface area (Å²) in [5.41, 5.74) is 3.07. The van der Waals surface area contributed by atoms with Crippen molar-refractivity contribution in [3.8, 4) is 0 Å². The highest BCUT2D eigenvalue weighted by molar-refractivity contribution is 5.32. The van der Waals surface area contributed by atoms with Crippen LogP contribution in [0.3, 0.4) is 0 Å². The van der Waals surface area contributed by atoms with E-state index in [1.807, 2.05) is 0 Å². The van der Waals surface area contributed by atoms with Crippen LogP contribution in [0.15, 0.2) is 24.3 Å². The minimum atomic E-state index is 0.405. The molecule has 1 heterocycles. The second-order valence-corrected chi connectivity index (χ2v) is 6.13. The lowest BCUT2D eigenvalue weighted by molar-refractivity contribution is -0.00481. The molecule has 0 spiro atoms. The van der Waals surface area contributed by atoms with E-state index in [1.54, 1.807) is 0 Å². The third-order valence-electron chi connectivity index (χ3n) is 4.76. The summed E-state index contributed by atoms with van der Waals surface area (Å²) in [5.74, 6) is 1.30. The van der Waals surface area contributed by atoms with E-state index in [4.69, 9.17) is 4.74 Å². The average molecular weight is 259 g/mol. The van der Waals surface area contributed by atoms with Crippen LogP contribution in [0.2, 0.25) is 0 Å². The fourth-order valence-electron chi connectivity index (χ4n) is 3.45. The van der Waals surface area contributed by atoms with Gasteiger partial charge < -0.3 is 10.1 Å². The first-order valence-electron chi connectivity index (χ1n) is 7.74. The first kappa shape index (κ1) is 13.1. The van der Waals surface area contributed by atoms with Crippen LogP contribution in [0.4, 0.5) is 0 Å². The van der Waals surface area contributed by atoms with Crippen molar-refractivity contribution in [2.24, 2.45) is 5.92 Å². The van der Waals surface area contributed by atoms with Crippen LogP contribution >= 0.6 is 0 Å². The molecule has 0 radical (unpaired) electrons. The molecule has 3 atom stereocenters. The van der Waals surface area contributed by atoms with Crippen molar-refractivity contribution >= 4 is 0 Å². The molecule has 0 saturated carbocycles. The molecule has 1 aromatic carbocycles. The molecule has 0 amide bonds. The van der Waals surface area contributed by atoms with Crippen molar-refractivity contribution in [1.82, 2.24) is 5.32 Å². The van der Waals surface area contributed by atoms with Crippen molar-refractivity contribution in [1.29, 1.82) is 0 Å². The van der Waals surface area contributed by atoms with Crippen LogP contribution < -0.4 is 5.32 Å². The molecule has 1 aromatic rings. The van der Waals surface area contributed by atoms with Gasteiger partial charge in [0.1, 0.15) is 0 Å². The fraction of sp³-hybridized carbons (Fsp3) is 0.647. The van der Waals surface area contributed by atoms with Crippen molar-refractivity contribution in [2.75, 3.05) is 19.7 Å². The third-order valence-corrected chi connectivity index (χ3v) is 4.76. The lowest BCUT2D eigenvalue weighted by Crippen LogP contribution is -2.41.